The fourth-order valence-corrected chi connectivity index (χ4v) is 4.66. The minimum absolute atomic E-state index is 0.0459. The molecule has 0 spiro atoms. The molecular formula is C28H21BrClN3O7. The van der Waals surface area contributed by atoms with Crippen LogP contribution in [0, 0.1) is 0 Å². The average Bonchev–Trinajstić information content (AvgIpc) is 3.40. The molecule has 5 rings (SSSR count). The molecule has 1 N–H and O–H groups in total. The molecule has 12 heteroatoms. The highest BCUT2D eigenvalue weighted by atomic mass is 79.9. The summed E-state index contributed by atoms with van der Waals surface area (Å²) in [6, 6.07) is 15.6. The van der Waals surface area contributed by atoms with Crippen LogP contribution in [0.3, 0.4) is 0 Å². The van der Waals surface area contributed by atoms with Gasteiger partial charge in [-0.15, -0.1) is 0 Å². The maximum Gasteiger partial charge on any atom is 0.344 e. The van der Waals surface area contributed by atoms with E-state index in [2.05, 4.69) is 26.0 Å². The Labute approximate surface area is 240 Å². The van der Waals surface area contributed by atoms with E-state index < -0.39 is 17.6 Å². The number of para-hydroxylation sites is 1. The van der Waals surface area contributed by atoms with Gasteiger partial charge in [-0.25, -0.2) is 9.78 Å². The molecule has 0 aliphatic heterocycles. The molecule has 0 saturated carbocycles. The first kappa shape index (κ1) is 27.2. The molecule has 2 aromatic heterocycles. The highest BCUT2D eigenvalue weighted by Crippen LogP contribution is 2.42. The van der Waals surface area contributed by atoms with Crippen molar-refractivity contribution in [2.45, 2.75) is 13.0 Å². The SMILES string of the molecule is COc1cc(C=Nn2c(-c3cc4c(OC)cccc4o3)nc3ccccc3c2=O)c(Br)c(Cl)c1O[C@H](C)C(=O)O. The van der Waals surface area contributed by atoms with Gasteiger partial charge in [0.15, 0.2) is 23.4 Å². The van der Waals surface area contributed by atoms with Crippen LogP contribution in [0.2, 0.25) is 5.02 Å². The third kappa shape index (κ3) is 4.89. The summed E-state index contributed by atoms with van der Waals surface area (Å²) in [5.41, 5.74) is 1.03. The zero-order valence-electron chi connectivity index (χ0n) is 21.3. The molecule has 1 atom stereocenters. The number of furan rings is 1. The summed E-state index contributed by atoms with van der Waals surface area (Å²) < 4.78 is 23.9. The van der Waals surface area contributed by atoms with E-state index in [4.69, 9.17) is 30.2 Å². The van der Waals surface area contributed by atoms with Gasteiger partial charge in [0.1, 0.15) is 16.4 Å². The van der Waals surface area contributed by atoms with E-state index in [0.29, 0.717) is 43.4 Å². The number of aliphatic carboxylic acids is 1. The van der Waals surface area contributed by atoms with E-state index in [1.165, 1.54) is 20.2 Å². The van der Waals surface area contributed by atoms with Gasteiger partial charge in [0, 0.05) is 10.0 Å². The van der Waals surface area contributed by atoms with Crippen LogP contribution in [0.15, 0.2) is 73.4 Å². The van der Waals surface area contributed by atoms with E-state index in [0.717, 1.165) is 4.68 Å². The van der Waals surface area contributed by atoms with Crippen molar-refractivity contribution < 1.29 is 28.5 Å². The van der Waals surface area contributed by atoms with Gasteiger partial charge >= 0.3 is 5.97 Å². The van der Waals surface area contributed by atoms with Crippen molar-refractivity contribution in [1.29, 1.82) is 0 Å². The first-order valence-corrected chi connectivity index (χ1v) is 13.0. The van der Waals surface area contributed by atoms with Gasteiger partial charge in [-0.2, -0.15) is 9.78 Å². The van der Waals surface area contributed by atoms with Crippen molar-refractivity contribution >= 4 is 61.6 Å². The standard InChI is InChI=1S/C28H21BrClN3O7/c1-14(28(35)36)39-25-21(38-3)11-15(23(29)24(25)30)13-31-33-26(32-18-8-5-4-7-16(18)27(33)34)22-12-17-19(37-2)9-6-10-20(17)40-22/h4-14H,1-3H3,(H,35,36)/t14-/m1/s1. The van der Waals surface area contributed by atoms with Crippen LogP contribution in [0.5, 0.6) is 17.2 Å². The van der Waals surface area contributed by atoms with Gasteiger partial charge < -0.3 is 23.7 Å². The lowest BCUT2D eigenvalue weighted by Gasteiger charge is -2.17. The first-order chi connectivity index (χ1) is 19.2. The third-order valence-electron chi connectivity index (χ3n) is 6.05. The largest absolute Gasteiger partial charge is 0.496 e. The Morgan fingerprint density at radius 2 is 1.88 bits per heavy atom. The fourth-order valence-electron chi connectivity index (χ4n) is 4.02. The Balaban J connectivity index is 1.67. The van der Waals surface area contributed by atoms with Crippen LogP contribution in [0.4, 0.5) is 0 Å². The molecule has 204 valence electrons. The van der Waals surface area contributed by atoms with Crippen LogP contribution >= 0.6 is 27.5 Å². The van der Waals surface area contributed by atoms with Gasteiger partial charge in [0.2, 0.25) is 5.82 Å². The van der Waals surface area contributed by atoms with E-state index in [9.17, 15) is 14.7 Å². The number of carboxylic acids is 1. The van der Waals surface area contributed by atoms with Crippen LogP contribution in [-0.4, -0.2) is 47.3 Å². The quantitative estimate of drug-likeness (QED) is 0.209. The number of methoxy groups -OCH3 is 2. The van der Waals surface area contributed by atoms with Crippen molar-refractivity contribution in [2.75, 3.05) is 14.2 Å². The van der Waals surface area contributed by atoms with E-state index in [-0.39, 0.29) is 22.3 Å². The smallest absolute Gasteiger partial charge is 0.344 e. The van der Waals surface area contributed by atoms with Crippen molar-refractivity contribution in [3.05, 3.63) is 80.0 Å². The molecule has 0 fully saturated rings. The number of hydrogen-bond acceptors (Lipinski definition) is 8. The number of benzene rings is 3. The van der Waals surface area contributed by atoms with Crippen molar-refractivity contribution in [2.24, 2.45) is 5.10 Å². The Morgan fingerprint density at radius 1 is 1.12 bits per heavy atom. The molecule has 0 radical (unpaired) electrons. The van der Waals surface area contributed by atoms with Gasteiger partial charge in [-0.05, 0) is 59.3 Å². The number of fused-ring (bicyclic) bond motifs is 2. The molecule has 0 saturated heterocycles. The van der Waals surface area contributed by atoms with Crippen LogP contribution < -0.4 is 19.8 Å². The highest BCUT2D eigenvalue weighted by molar-refractivity contribution is 9.10. The average molecular weight is 627 g/mol. The molecular weight excluding hydrogens is 606 g/mol. The lowest BCUT2D eigenvalue weighted by Crippen LogP contribution is -2.23. The Hall–Kier alpha value is -4.35. The molecule has 0 bridgehead atoms. The summed E-state index contributed by atoms with van der Waals surface area (Å²) in [4.78, 5) is 29.6. The number of aromatic nitrogens is 2. The van der Waals surface area contributed by atoms with E-state index in [1.54, 1.807) is 61.7 Å². The number of rotatable bonds is 8. The second-order valence-corrected chi connectivity index (χ2v) is 9.69. The molecule has 0 aliphatic rings. The van der Waals surface area contributed by atoms with Crippen LogP contribution in [0.1, 0.15) is 12.5 Å². The predicted molar refractivity (Wildman–Crippen MR) is 154 cm³/mol. The third-order valence-corrected chi connectivity index (χ3v) is 7.49. The summed E-state index contributed by atoms with van der Waals surface area (Å²) in [7, 11) is 2.95. The van der Waals surface area contributed by atoms with E-state index in [1.807, 2.05) is 0 Å². The summed E-state index contributed by atoms with van der Waals surface area (Å²) >= 11 is 9.92. The fraction of sp³-hybridized carbons (Fsp3) is 0.143. The Kier molecular flexibility index (Phi) is 7.51. The number of carbonyl (C=O) groups is 1. The maximum absolute atomic E-state index is 13.6. The molecule has 5 aromatic rings. The maximum atomic E-state index is 13.6. The normalized spacial score (nSPS) is 12.2. The summed E-state index contributed by atoms with van der Waals surface area (Å²) in [5, 5.41) is 14.8. The van der Waals surface area contributed by atoms with Crippen LogP contribution in [0.25, 0.3) is 33.5 Å². The highest BCUT2D eigenvalue weighted by Gasteiger charge is 2.22. The van der Waals surface area contributed by atoms with Gasteiger partial charge in [0.05, 0.1) is 36.7 Å². The summed E-state index contributed by atoms with van der Waals surface area (Å²) in [6.07, 6.45) is 0.220. The molecule has 0 aliphatic carbocycles. The van der Waals surface area contributed by atoms with Gasteiger partial charge in [-0.3, -0.25) is 4.79 Å². The number of nitrogens with zero attached hydrogens (tertiary/aromatic N) is 3. The first-order valence-electron chi connectivity index (χ1n) is 11.8. The van der Waals surface area contributed by atoms with Gasteiger partial charge in [0.25, 0.3) is 5.56 Å². The lowest BCUT2D eigenvalue weighted by molar-refractivity contribution is -0.144. The molecule has 0 unspecified atom stereocenters. The monoisotopic (exact) mass is 625 g/mol. The van der Waals surface area contributed by atoms with Crippen molar-refractivity contribution in [3.63, 3.8) is 0 Å². The number of carboxylic acid groups (broad SMARTS) is 1. The van der Waals surface area contributed by atoms with Crippen molar-refractivity contribution in [3.8, 4) is 28.8 Å². The predicted octanol–water partition coefficient (Wildman–Crippen LogP) is 5.98. The number of hydrogen-bond donors (Lipinski definition) is 1. The molecule has 3 aromatic carbocycles. The van der Waals surface area contributed by atoms with Crippen molar-refractivity contribution in [1.82, 2.24) is 9.66 Å². The zero-order chi connectivity index (χ0) is 28.6. The second kappa shape index (κ2) is 11.0. The summed E-state index contributed by atoms with van der Waals surface area (Å²) in [6.45, 7) is 1.37. The van der Waals surface area contributed by atoms with E-state index >= 15 is 0 Å². The van der Waals surface area contributed by atoms with Gasteiger partial charge in [-0.1, -0.05) is 29.8 Å². The minimum atomic E-state index is -1.18. The Bertz CT molecular complexity index is 1870. The topological polar surface area (TPSA) is 125 Å². The Morgan fingerprint density at radius 3 is 2.60 bits per heavy atom. The second-order valence-electron chi connectivity index (χ2n) is 8.52. The number of ether oxygens (including phenoxy) is 3. The molecule has 40 heavy (non-hydrogen) atoms. The minimum Gasteiger partial charge on any atom is -0.496 e. The van der Waals surface area contributed by atoms with Crippen LogP contribution in [-0.2, 0) is 4.79 Å². The lowest BCUT2D eigenvalue weighted by atomic mass is 10.2. The zero-order valence-corrected chi connectivity index (χ0v) is 23.7. The molecule has 0 amide bonds. The molecule has 2 heterocycles. The molecule has 10 nitrogen and oxygen atoms in total. The summed E-state index contributed by atoms with van der Waals surface area (Å²) in [5.74, 6) is 0.138. The number of halogens is 2.